The first-order valence-electron chi connectivity index (χ1n) is 13.7. The molecule has 2 N–H and O–H groups in total. The number of aliphatic hydroxyl groups is 2. The fourth-order valence-corrected chi connectivity index (χ4v) is 5.75. The van der Waals surface area contributed by atoms with Gasteiger partial charge in [-0.3, -0.25) is 0 Å². The number of rotatable bonds is 18. The highest BCUT2D eigenvalue weighted by molar-refractivity contribution is 7.47. The van der Waals surface area contributed by atoms with E-state index in [2.05, 4.69) is 0 Å². The standard InChI is InChI=1S/C28H44O9P2/c1-5-21-9-11-25(27(17-21)38(31)36-19-23(29)7-3)34-15-13-33-14-16-35-26-12-10-22(6-2)18-28(26)39(32)37-20-24(30)8-4/h9-12,17-18,23-26,29-30H,5-8,13-16,19-20H2,1-4H3. The minimum Gasteiger partial charge on any atom is -0.603 e. The van der Waals surface area contributed by atoms with Crippen LogP contribution in [-0.2, 0) is 23.3 Å². The van der Waals surface area contributed by atoms with Gasteiger partial charge in [0.2, 0.25) is 16.0 Å². The lowest BCUT2D eigenvalue weighted by atomic mass is 10.0. The number of hydrogen-bond acceptors (Lipinski definition) is 9. The SMILES string of the molecule is CCC1=CC(=[P+]([O-])OCC(O)CC)C(OCCOCCOC2C=CC(CC)=CC2=[P+]([O-])OCC(O)CC)C=C1. The maximum absolute atomic E-state index is 12.7. The summed E-state index contributed by atoms with van der Waals surface area (Å²) in [5, 5.41) is 20.5. The lowest BCUT2D eigenvalue weighted by Gasteiger charge is -2.19. The topological polar surface area (TPSA) is 133 Å². The Morgan fingerprint density at radius 3 is 1.49 bits per heavy atom. The summed E-state index contributed by atoms with van der Waals surface area (Å²) in [7, 11) is -4.27. The van der Waals surface area contributed by atoms with E-state index in [0.29, 0.717) is 36.6 Å². The number of ether oxygens (including phenoxy) is 3. The van der Waals surface area contributed by atoms with E-state index in [0.717, 1.165) is 24.0 Å². The van der Waals surface area contributed by atoms with E-state index in [1.54, 1.807) is 0 Å². The van der Waals surface area contributed by atoms with Gasteiger partial charge in [-0.1, -0.05) is 39.8 Å². The predicted octanol–water partition coefficient (Wildman–Crippen LogP) is 2.85. The quantitative estimate of drug-likeness (QED) is 0.184. The molecule has 6 atom stereocenters. The van der Waals surface area contributed by atoms with Crippen molar-refractivity contribution in [2.24, 2.45) is 0 Å². The molecule has 2 aliphatic carbocycles. The monoisotopic (exact) mass is 586 g/mol. The first-order valence-corrected chi connectivity index (χ1v) is 16.1. The van der Waals surface area contributed by atoms with Crippen molar-refractivity contribution in [3.05, 3.63) is 47.6 Å². The third-order valence-electron chi connectivity index (χ3n) is 6.22. The zero-order valence-corrected chi connectivity index (χ0v) is 25.3. The van der Waals surface area contributed by atoms with E-state index in [1.165, 1.54) is 0 Å². The van der Waals surface area contributed by atoms with Crippen LogP contribution in [0.15, 0.2) is 47.6 Å². The van der Waals surface area contributed by atoms with Crippen molar-refractivity contribution >= 4 is 26.6 Å². The van der Waals surface area contributed by atoms with E-state index in [1.807, 2.05) is 64.2 Å². The van der Waals surface area contributed by atoms with Crippen LogP contribution >= 0.6 is 16.0 Å². The van der Waals surface area contributed by atoms with Crippen LogP contribution in [0.3, 0.4) is 0 Å². The average molecular weight is 587 g/mol. The maximum atomic E-state index is 12.7. The van der Waals surface area contributed by atoms with E-state index in [9.17, 15) is 20.0 Å². The minimum atomic E-state index is -2.14. The Bertz CT molecular complexity index is 865. The molecule has 0 spiro atoms. The summed E-state index contributed by atoms with van der Waals surface area (Å²) < 4.78 is 28.3. The predicted molar refractivity (Wildman–Crippen MR) is 154 cm³/mol. The van der Waals surface area contributed by atoms with Crippen LogP contribution < -0.4 is 9.79 Å². The molecular weight excluding hydrogens is 542 g/mol. The van der Waals surface area contributed by atoms with Crippen LogP contribution in [0.5, 0.6) is 0 Å². The summed E-state index contributed by atoms with van der Waals surface area (Å²) in [6.45, 7) is 8.89. The Morgan fingerprint density at radius 1 is 0.718 bits per heavy atom. The van der Waals surface area contributed by atoms with Crippen LogP contribution in [0, 0.1) is 0 Å². The largest absolute Gasteiger partial charge is 0.603 e. The van der Waals surface area contributed by atoms with E-state index in [-0.39, 0.29) is 26.4 Å². The van der Waals surface area contributed by atoms with Gasteiger partial charge in [0.15, 0.2) is 10.6 Å². The smallest absolute Gasteiger partial charge is 0.227 e. The second-order valence-electron chi connectivity index (χ2n) is 9.14. The van der Waals surface area contributed by atoms with Gasteiger partial charge >= 0.3 is 0 Å². The molecule has 2 rings (SSSR count). The summed E-state index contributed by atoms with van der Waals surface area (Å²) in [4.78, 5) is 25.5. The number of hydrogen-bond donors (Lipinski definition) is 2. The van der Waals surface area contributed by atoms with Crippen LogP contribution in [0.1, 0.15) is 53.4 Å². The Morgan fingerprint density at radius 2 is 1.13 bits per heavy atom. The van der Waals surface area contributed by atoms with Crippen LogP contribution in [0.25, 0.3) is 0 Å². The minimum absolute atomic E-state index is 0.00991. The van der Waals surface area contributed by atoms with Crippen molar-refractivity contribution in [3.63, 3.8) is 0 Å². The van der Waals surface area contributed by atoms with Gasteiger partial charge in [-0.25, -0.2) is 0 Å². The molecule has 0 aromatic heterocycles. The molecule has 9 nitrogen and oxygen atoms in total. The van der Waals surface area contributed by atoms with Crippen LogP contribution in [0.4, 0.5) is 0 Å². The van der Waals surface area contributed by atoms with E-state index >= 15 is 0 Å². The first-order chi connectivity index (χ1) is 18.8. The van der Waals surface area contributed by atoms with Crippen LogP contribution in [0.2, 0.25) is 0 Å². The molecule has 0 fully saturated rings. The average Bonchev–Trinajstić information content (AvgIpc) is 2.97. The highest BCUT2D eigenvalue weighted by Crippen LogP contribution is 2.27. The third-order valence-corrected chi connectivity index (χ3v) is 8.60. The van der Waals surface area contributed by atoms with E-state index in [4.69, 9.17) is 23.3 Å². The number of aliphatic hydroxyl groups excluding tert-OH is 2. The molecule has 0 aromatic rings. The summed E-state index contributed by atoms with van der Waals surface area (Å²) >= 11 is 0. The molecule has 0 aliphatic heterocycles. The molecule has 11 heteroatoms. The molecule has 0 radical (unpaired) electrons. The molecule has 0 bridgehead atoms. The maximum Gasteiger partial charge on any atom is 0.227 e. The molecule has 0 saturated carbocycles. The van der Waals surface area contributed by atoms with Gasteiger partial charge in [-0.05, 0) is 61.1 Å². The van der Waals surface area contributed by atoms with Crippen molar-refractivity contribution in [2.75, 3.05) is 39.6 Å². The van der Waals surface area contributed by atoms with E-state index < -0.39 is 40.4 Å². The lowest BCUT2D eigenvalue weighted by Crippen LogP contribution is -2.28. The van der Waals surface area contributed by atoms with Gasteiger partial charge in [0.05, 0.1) is 38.6 Å². The molecule has 220 valence electrons. The molecule has 0 saturated heterocycles. The lowest BCUT2D eigenvalue weighted by molar-refractivity contribution is -0.175. The molecule has 0 aromatic carbocycles. The van der Waals surface area contributed by atoms with Gasteiger partial charge in [-0.2, -0.15) is 9.05 Å². The Labute approximate surface area is 234 Å². The van der Waals surface area contributed by atoms with Crippen LogP contribution in [-0.4, -0.2) is 84.9 Å². The molecule has 39 heavy (non-hydrogen) atoms. The Balaban J connectivity index is 1.81. The summed E-state index contributed by atoms with van der Waals surface area (Å²) in [6, 6.07) is 0. The van der Waals surface area contributed by atoms with Gasteiger partial charge in [0.25, 0.3) is 0 Å². The second-order valence-corrected chi connectivity index (χ2v) is 11.7. The Hall–Kier alpha value is -1.06. The van der Waals surface area contributed by atoms with Crippen molar-refractivity contribution < 1.29 is 43.3 Å². The van der Waals surface area contributed by atoms with Crippen molar-refractivity contribution in [3.8, 4) is 0 Å². The van der Waals surface area contributed by atoms with Gasteiger partial charge in [0, 0.05) is 0 Å². The molecule has 0 heterocycles. The van der Waals surface area contributed by atoms with Gasteiger partial charge in [-0.15, -0.1) is 0 Å². The van der Waals surface area contributed by atoms with Crippen molar-refractivity contribution in [1.29, 1.82) is 0 Å². The zero-order valence-electron chi connectivity index (χ0n) is 23.5. The molecule has 6 unspecified atom stereocenters. The number of allylic oxidation sites excluding steroid dienone is 4. The normalized spacial score (nSPS) is 23.4. The van der Waals surface area contributed by atoms with Crippen molar-refractivity contribution in [2.45, 2.75) is 77.8 Å². The zero-order chi connectivity index (χ0) is 28.6. The molecular formula is C28H44O9P2. The fourth-order valence-electron chi connectivity index (χ4n) is 3.56. The fraction of sp³-hybridized carbons (Fsp3) is 0.643. The van der Waals surface area contributed by atoms with Crippen molar-refractivity contribution in [1.82, 2.24) is 0 Å². The highest BCUT2D eigenvalue weighted by atomic mass is 31.1. The molecule has 0 amide bonds. The Kier molecular flexibility index (Phi) is 16.7. The third kappa shape index (κ3) is 12.1. The highest BCUT2D eigenvalue weighted by Gasteiger charge is 2.26. The second kappa shape index (κ2) is 19.1. The first kappa shape index (κ1) is 34.1. The summed E-state index contributed by atoms with van der Waals surface area (Å²) in [6.07, 6.45) is 11.7. The molecule has 2 aliphatic rings. The summed E-state index contributed by atoms with van der Waals surface area (Å²) in [5.74, 6) is 0. The van der Waals surface area contributed by atoms with Gasteiger partial charge in [0.1, 0.15) is 25.4 Å². The van der Waals surface area contributed by atoms with Gasteiger partial charge < -0.3 is 34.2 Å². The summed E-state index contributed by atoms with van der Waals surface area (Å²) in [5.41, 5.74) is 2.06.